The molecule has 0 fully saturated rings. The molecule has 2 N–H and O–H groups in total. The lowest BCUT2D eigenvalue weighted by Crippen LogP contribution is -2.36. The zero-order valence-electron chi connectivity index (χ0n) is 13.8. The van der Waals surface area contributed by atoms with E-state index in [-0.39, 0.29) is 11.9 Å². The van der Waals surface area contributed by atoms with E-state index in [0.717, 1.165) is 29.7 Å². The third-order valence-corrected chi connectivity index (χ3v) is 4.17. The van der Waals surface area contributed by atoms with E-state index in [9.17, 15) is 9.59 Å². The van der Waals surface area contributed by atoms with Crippen LogP contribution in [-0.4, -0.2) is 32.1 Å². The molecule has 22 heavy (non-hydrogen) atoms. The molecule has 120 valence electrons. The van der Waals surface area contributed by atoms with Gasteiger partial charge >= 0.3 is 6.03 Å². The number of hydrogen-bond acceptors (Lipinski definition) is 2. The van der Waals surface area contributed by atoms with E-state index in [1.807, 2.05) is 40.0 Å². The van der Waals surface area contributed by atoms with Gasteiger partial charge in [0.1, 0.15) is 0 Å². The van der Waals surface area contributed by atoms with Crippen molar-refractivity contribution in [3.05, 3.63) is 29.3 Å². The molecule has 0 radical (unpaired) electrons. The minimum atomic E-state index is -0.480. The zero-order valence-corrected chi connectivity index (χ0v) is 13.8. The second-order valence-corrected chi connectivity index (χ2v) is 6.27. The lowest BCUT2D eigenvalue weighted by molar-refractivity contribution is -0.121. The Kier molecular flexibility index (Phi) is 4.74. The van der Waals surface area contributed by atoms with Gasteiger partial charge in [-0.05, 0) is 43.9 Å². The fraction of sp³-hybridized carbons (Fsp3) is 0.529. The number of anilines is 1. The monoisotopic (exact) mass is 303 g/mol. The maximum absolute atomic E-state index is 12.3. The van der Waals surface area contributed by atoms with Gasteiger partial charge in [-0.2, -0.15) is 0 Å². The van der Waals surface area contributed by atoms with Crippen molar-refractivity contribution < 1.29 is 9.59 Å². The van der Waals surface area contributed by atoms with Crippen molar-refractivity contribution in [1.29, 1.82) is 0 Å². The van der Waals surface area contributed by atoms with Gasteiger partial charge in [-0.3, -0.25) is 4.79 Å². The van der Waals surface area contributed by atoms with Crippen molar-refractivity contribution in [3.8, 4) is 0 Å². The Hall–Kier alpha value is -2.04. The van der Waals surface area contributed by atoms with Crippen molar-refractivity contribution in [1.82, 2.24) is 10.6 Å². The number of carbonyl (C=O) groups is 2. The number of likely N-dealkylation sites (N-methyl/N-ethyl adjacent to an activating group) is 1. The van der Waals surface area contributed by atoms with Gasteiger partial charge in [0, 0.05) is 25.8 Å². The predicted octanol–water partition coefficient (Wildman–Crippen LogP) is 2.19. The third-order valence-electron chi connectivity index (χ3n) is 4.17. The smallest absolute Gasteiger partial charge is 0.314 e. The molecule has 0 saturated heterocycles. The Morgan fingerprint density at radius 2 is 1.91 bits per heavy atom. The minimum Gasteiger partial charge on any atom is -0.338 e. The van der Waals surface area contributed by atoms with Crippen molar-refractivity contribution in [3.63, 3.8) is 0 Å². The molecule has 1 aliphatic heterocycles. The molecule has 2 rings (SSSR count). The molecule has 0 bridgehead atoms. The Labute approximate surface area is 132 Å². The van der Waals surface area contributed by atoms with Crippen molar-refractivity contribution >= 4 is 17.6 Å². The van der Waals surface area contributed by atoms with Crippen LogP contribution in [0, 0.1) is 0 Å². The fourth-order valence-corrected chi connectivity index (χ4v) is 2.80. The summed E-state index contributed by atoms with van der Waals surface area (Å²) in [6.07, 6.45) is 1.68. The summed E-state index contributed by atoms with van der Waals surface area (Å²) in [4.78, 5) is 25.5. The normalized spacial score (nSPS) is 15.6. The van der Waals surface area contributed by atoms with Crippen molar-refractivity contribution in [2.75, 3.05) is 25.0 Å². The maximum atomic E-state index is 12.3. The number of benzene rings is 1. The van der Waals surface area contributed by atoms with E-state index in [1.165, 1.54) is 0 Å². The molecule has 1 heterocycles. The highest BCUT2D eigenvalue weighted by Gasteiger charge is 2.42. The first-order valence-electron chi connectivity index (χ1n) is 7.81. The van der Waals surface area contributed by atoms with Gasteiger partial charge in [0.25, 0.3) is 0 Å². The van der Waals surface area contributed by atoms with Crippen LogP contribution in [0.1, 0.15) is 38.3 Å². The lowest BCUT2D eigenvalue weighted by Gasteiger charge is -2.16. The summed E-state index contributed by atoms with van der Waals surface area (Å²) in [5, 5.41) is 5.63. The highest BCUT2D eigenvalue weighted by Crippen LogP contribution is 2.40. The zero-order chi connectivity index (χ0) is 16.3. The Bertz CT molecular complexity index is 581. The van der Waals surface area contributed by atoms with Crippen LogP contribution >= 0.6 is 0 Å². The molecule has 0 aliphatic carbocycles. The summed E-state index contributed by atoms with van der Waals surface area (Å²) in [6.45, 7) is 7.20. The van der Waals surface area contributed by atoms with Crippen LogP contribution in [0.4, 0.5) is 10.5 Å². The van der Waals surface area contributed by atoms with Gasteiger partial charge < -0.3 is 15.5 Å². The van der Waals surface area contributed by atoms with Crippen LogP contribution < -0.4 is 15.5 Å². The summed E-state index contributed by atoms with van der Waals surface area (Å²) in [7, 11) is 1.81. The van der Waals surface area contributed by atoms with Gasteiger partial charge in [0.15, 0.2) is 0 Å². The van der Waals surface area contributed by atoms with Crippen LogP contribution in [0.2, 0.25) is 0 Å². The summed E-state index contributed by atoms with van der Waals surface area (Å²) in [6, 6.07) is 5.98. The molecular formula is C17H25N3O2. The Balaban J connectivity index is 2.00. The van der Waals surface area contributed by atoms with E-state index in [1.54, 1.807) is 4.90 Å². The highest BCUT2D eigenvalue weighted by molar-refractivity contribution is 6.07. The molecule has 3 amide bonds. The Morgan fingerprint density at radius 1 is 1.23 bits per heavy atom. The van der Waals surface area contributed by atoms with Crippen LogP contribution in [0.15, 0.2) is 18.2 Å². The second-order valence-electron chi connectivity index (χ2n) is 6.27. The summed E-state index contributed by atoms with van der Waals surface area (Å²) < 4.78 is 0. The average Bonchev–Trinajstić information content (AvgIpc) is 2.66. The van der Waals surface area contributed by atoms with E-state index in [2.05, 4.69) is 16.7 Å². The van der Waals surface area contributed by atoms with Crippen molar-refractivity contribution in [2.24, 2.45) is 0 Å². The molecule has 0 saturated carbocycles. The van der Waals surface area contributed by atoms with Gasteiger partial charge in [-0.25, -0.2) is 4.79 Å². The first-order chi connectivity index (χ1) is 10.4. The van der Waals surface area contributed by atoms with Crippen LogP contribution in [-0.2, 0) is 16.6 Å². The standard InChI is InChI=1S/C17H25N3O2/c1-5-9-18-16(22)19-10-8-12-6-7-14-13(11-12)17(2,3)15(21)20(14)4/h6-7,11H,5,8-10H2,1-4H3,(H2,18,19,22). The third kappa shape index (κ3) is 3.08. The number of urea groups is 1. The molecule has 5 nitrogen and oxygen atoms in total. The molecule has 0 aromatic heterocycles. The van der Waals surface area contributed by atoms with Gasteiger partial charge in [-0.15, -0.1) is 0 Å². The molecule has 1 aliphatic rings. The SMILES string of the molecule is CCCNC(=O)NCCc1ccc2c(c1)C(C)(C)C(=O)N2C. The number of nitrogens with one attached hydrogen (secondary N) is 2. The Morgan fingerprint density at radius 3 is 2.59 bits per heavy atom. The second kappa shape index (κ2) is 6.38. The lowest BCUT2D eigenvalue weighted by atomic mass is 9.85. The summed E-state index contributed by atoms with van der Waals surface area (Å²) in [5.41, 5.74) is 2.69. The van der Waals surface area contributed by atoms with Gasteiger partial charge in [-0.1, -0.05) is 19.1 Å². The average molecular weight is 303 g/mol. The quantitative estimate of drug-likeness (QED) is 0.876. The number of carbonyl (C=O) groups excluding carboxylic acids is 2. The maximum Gasteiger partial charge on any atom is 0.314 e. The molecule has 0 spiro atoms. The predicted molar refractivity (Wildman–Crippen MR) is 88.3 cm³/mol. The van der Waals surface area contributed by atoms with Crippen LogP contribution in [0.25, 0.3) is 0 Å². The van der Waals surface area contributed by atoms with E-state index >= 15 is 0 Å². The van der Waals surface area contributed by atoms with Gasteiger partial charge in [0.05, 0.1) is 5.41 Å². The molecule has 1 aromatic rings. The molecular weight excluding hydrogens is 278 g/mol. The molecule has 5 heteroatoms. The summed E-state index contributed by atoms with van der Waals surface area (Å²) >= 11 is 0. The number of hydrogen-bond donors (Lipinski definition) is 2. The number of nitrogens with zero attached hydrogens (tertiary/aromatic N) is 1. The highest BCUT2D eigenvalue weighted by atomic mass is 16.2. The van der Waals surface area contributed by atoms with E-state index < -0.39 is 5.41 Å². The topological polar surface area (TPSA) is 61.4 Å². The van der Waals surface area contributed by atoms with Gasteiger partial charge in [0.2, 0.25) is 5.91 Å². The number of rotatable bonds is 5. The van der Waals surface area contributed by atoms with Crippen molar-refractivity contribution in [2.45, 2.75) is 39.0 Å². The number of fused-ring (bicyclic) bond motifs is 1. The largest absolute Gasteiger partial charge is 0.338 e. The van der Waals surface area contributed by atoms with Crippen LogP contribution in [0.3, 0.4) is 0 Å². The van der Waals surface area contributed by atoms with Crippen LogP contribution in [0.5, 0.6) is 0 Å². The first-order valence-corrected chi connectivity index (χ1v) is 7.81. The minimum absolute atomic E-state index is 0.122. The number of amides is 3. The molecule has 1 aromatic carbocycles. The molecule has 0 unspecified atom stereocenters. The van der Waals surface area contributed by atoms with E-state index in [4.69, 9.17) is 0 Å². The molecule has 0 atom stereocenters. The van der Waals surface area contributed by atoms with E-state index in [0.29, 0.717) is 13.1 Å². The summed E-state index contributed by atoms with van der Waals surface area (Å²) in [5.74, 6) is 0.122. The fourth-order valence-electron chi connectivity index (χ4n) is 2.80. The first kappa shape index (κ1) is 16.3.